The molecule has 0 amide bonds. The second kappa shape index (κ2) is 3.09. The van der Waals surface area contributed by atoms with Gasteiger partial charge in [0.1, 0.15) is 5.76 Å². The van der Waals surface area contributed by atoms with E-state index in [4.69, 9.17) is 4.74 Å². The summed E-state index contributed by atoms with van der Waals surface area (Å²) in [5.41, 5.74) is 0.648. The van der Waals surface area contributed by atoms with Crippen molar-refractivity contribution in [2.75, 3.05) is 0 Å². The topological polar surface area (TPSA) is 43.4 Å². The molecule has 0 aromatic carbocycles. The van der Waals surface area contributed by atoms with Crippen LogP contribution in [0.25, 0.3) is 0 Å². The van der Waals surface area contributed by atoms with Gasteiger partial charge < -0.3 is 4.74 Å². The molecule has 1 unspecified atom stereocenters. The number of carbonyl (C=O) groups is 2. The van der Waals surface area contributed by atoms with Gasteiger partial charge in [0.15, 0.2) is 5.78 Å². The van der Waals surface area contributed by atoms with Crippen molar-refractivity contribution in [3.63, 3.8) is 0 Å². The first-order valence-electron chi connectivity index (χ1n) is 3.94. The number of ketones is 1. The third-order valence-corrected chi connectivity index (χ3v) is 1.99. The summed E-state index contributed by atoms with van der Waals surface area (Å²) >= 11 is 0. The molecule has 1 aliphatic heterocycles. The Labute approximate surface area is 71.4 Å². The van der Waals surface area contributed by atoms with E-state index >= 15 is 0 Å². The Bertz CT molecular complexity index is 263. The standard InChI is InChI=1S/C9H12O3/c1-5-4-8(11)12-7(3)9(5)6(2)10/h5H,4H2,1-3H3. The van der Waals surface area contributed by atoms with Gasteiger partial charge in [0, 0.05) is 5.57 Å². The number of hydrogen-bond donors (Lipinski definition) is 0. The van der Waals surface area contributed by atoms with Gasteiger partial charge in [-0.2, -0.15) is 0 Å². The fourth-order valence-corrected chi connectivity index (χ4v) is 1.56. The number of cyclic esters (lactones) is 1. The maximum absolute atomic E-state index is 11.1. The number of ether oxygens (including phenoxy) is 1. The smallest absolute Gasteiger partial charge is 0.311 e. The predicted octanol–water partition coefficient (Wildman–Crippen LogP) is 1.43. The van der Waals surface area contributed by atoms with E-state index in [-0.39, 0.29) is 17.7 Å². The zero-order valence-corrected chi connectivity index (χ0v) is 7.51. The monoisotopic (exact) mass is 168 g/mol. The molecule has 0 radical (unpaired) electrons. The highest BCUT2D eigenvalue weighted by Crippen LogP contribution is 2.25. The summed E-state index contributed by atoms with van der Waals surface area (Å²) < 4.78 is 4.85. The van der Waals surface area contributed by atoms with Crippen LogP contribution in [0.2, 0.25) is 0 Å². The molecule has 1 rings (SSSR count). The normalized spacial score (nSPS) is 23.9. The Hall–Kier alpha value is -1.12. The van der Waals surface area contributed by atoms with Crippen LogP contribution in [0.3, 0.4) is 0 Å². The maximum Gasteiger partial charge on any atom is 0.311 e. The third-order valence-electron chi connectivity index (χ3n) is 1.99. The number of esters is 1. The van der Waals surface area contributed by atoms with Crippen LogP contribution in [-0.4, -0.2) is 11.8 Å². The highest BCUT2D eigenvalue weighted by molar-refractivity contribution is 5.96. The van der Waals surface area contributed by atoms with Crippen molar-refractivity contribution in [3.05, 3.63) is 11.3 Å². The number of Topliss-reactive ketones (excluding diaryl/α,β-unsaturated/α-hetero) is 1. The van der Waals surface area contributed by atoms with Gasteiger partial charge in [0.2, 0.25) is 0 Å². The van der Waals surface area contributed by atoms with Crippen LogP contribution >= 0.6 is 0 Å². The lowest BCUT2D eigenvalue weighted by molar-refractivity contribution is -0.141. The van der Waals surface area contributed by atoms with Crippen LogP contribution in [0.15, 0.2) is 11.3 Å². The van der Waals surface area contributed by atoms with E-state index in [9.17, 15) is 9.59 Å². The minimum absolute atomic E-state index is 0.00347. The lowest BCUT2D eigenvalue weighted by atomic mass is 9.92. The molecule has 0 aromatic heterocycles. The SMILES string of the molecule is CC(=O)C1=C(C)OC(=O)CC1C. The minimum atomic E-state index is -0.245. The van der Waals surface area contributed by atoms with Crippen molar-refractivity contribution in [3.8, 4) is 0 Å². The summed E-state index contributed by atoms with van der Waals surface area (Å²) in [4.78, 5) is 22.0. The van der Waals surface area contributed by atoms with Gasteiger partial charge >= 0.3 is 5.97 Å². The average molecular weight is 168 g/mol. The predicted molar refractivity (Wildman–Crippen MR) is 43.3 cm³/mol. The first kappa shape index (κ1) is 8.97. The van der Waals surface area contributed by atoms with Crippen molar-refractivity contribution in [1.82, 2.24) is 0 Å². The minimum Gasteiger partial charge on any atom is -0.431 e. The second-order valence-electron chi connectivity index (χ2n) is 3.11. The molecule has 3 heteroatoms. The molecule has 0 aromatic rings. The molecule has 0 bridgehead atoms. The van der Waals surface area contributed by atoms with E-state index in [0.717, 1.165) is 0 Å². The van der Waals surface area contributed by atoms with Crippen LogP contribution in [0, 0.1) is 5.92 Å². The largest absolute Gasteiger partial charge is 0.431 e. The van der Waals surface area contributed by atoms with Crippen LogP contribution < -0.4 is 0 Å². The van der Waals surface area contributed by atoms with Crippen LogP contribution in [0.4, 0.5) is 0 Å². The van der Waals surface area contributed by atoms with E-state index in [1.54, 1.807) is 6.92 Å². The number of allylic oxidation sites excluding steroid dienone is 2. The van der Waals surface area contributed by atoms with Crippen molar-refractivity contribution in [1.29, 1.82) is 0 Å². The fourth-order valence-electron chi connectivity index (χ4n) is 1.56. The molecule has 0 spiro atoms. The van der Waals surface area contributed by atoms with Crippen molar-refractivity contribution in [2.24, 2.45) is 5.92 Å². The van der Waals surface area contributed by atoms with E-state index in [2.05, 4.69) is 0 Å². The van der Waals surface area contributed by atoms with Crippen LogP contribution in [0.5, 0.6) is 0 Å². The van der Waals surface area contributed by atoms with Crippen LogP contribution in [-0.2, 0) is 14.3 Å². The number of carbonyl (C=O) groups excluding carboxylic acids is 2. The molecule has 66 valence electrons. The molecule has 1 heterocycles. The summed E-state index contributed by atoms with van der Waals surface area (Å²) in [6.45, 7) is 5.01. The quantitative estimate of drug-likeness (QED) is 0.556. The second-order valence-corrected chi connectivity index (χ2v) is 3.11. The first-order valence-corrected chi connectivity index (χ1v) is 3.94. The van der Waals surface area contributed by atoms with E-state index in [0.29, 0.717) is 17.8 Å². The molecule has 0 N–H and O–H groups in total. The fraction of sp³-hybridized carbons (Fsp3) is 0.556. The number of hydrogen-bond acceptors (Lipinski definition) is 3. The molecule has 0 fully saturated rings. The van der Waals surface area contributed by atoms with Gasteiger partial charge in [-0.1, -0.05) is 6.92 Å². The van der Waals surface area contributed by atoms with E-state index < -0.39 is 0 Å². The molecule has 0 saturated heterocycles. The van der Waals surface area contributed by atoms with Crippen LogP contribution in [0.1, 0.15) is 27.2 Å². The molecular formula is C9H12O3. The van der Waals surface area contributed by atoms with Gasteiger partial charge in [-0.15, -0.1) is 0 Å². The van der Waals surface area contributed by atoms with E-state index in [1.165, 1.54) is 6.92 Å². The molecule has 3 nitrogen and oxygen atoms in total. The summed E-state index contributed by atoms with van der Waals surface area (Å²) in [6.07, 6.45) is 0.312. The Balaban J connectivity index is 3.01. The highest BCUT2D eigenvalue weighted by Gasteiger charge is 2.26. The highest BCUT2D eigenvalue weighted by atomic mass is 16.5. The molecule has 1 aliphatic rings. The first-order chi connectivity index (χ1) is 5.52. The zero-order valence-electron chi connectivity index (χ0n) is 7.51. The van der Waals surface area contributed by atoms with Crippen molar-refractivity contribution >= 4 is 11.8 Å². The van der Waals surface area contributed by atoms with E-state index in [1.807, 2.05) is 6.92 Å². The van der Waals surface area contributed by atoms with Gasteiger partial charge in [-0.25, -0.2) is 0 Å². The molecule has 0 saturated carbocycles. The molecule has 1 atom stereocenters. The summed E-state index contributed by atoms with van der Waals surface area (Å²) in [5.74, 6) is 0.215. The summed E-state index contributed by atoms with van der Waals surface area (Å²) in [6, 6.07) is 0. The Kier molecular flexibility index (Phi) is 2.31. The summed E-state index contributed by atoms with van der Waals surface area (Å²) in [7, 11) is 0. The zero-order chi connectivity index (χ0) is 9.30. The van der Waals surface area contributed by atoms with Crippen molar-refractivity contribution < 1.29 is 14.3 Å². The summed E-state index contributed by atoms with van der Waals surface area (Å²) in [5, 5.41) is 0. The van der Waals surface area contributed by atoms with Gasteiger partial charge in [-0.05, 0) is 19.8 Å². The number of rotatable bonds is 1. The molecular weight excluding hydrogens is 156 g/mol. The third kappa shape index (κ3) is 1.55. The van der Waals surface area contributed by atoms with Gasteiger partial charge in [-0.3, -0.25) is 9.59 Å². The Morgan fingerprint density at radius 2 is 2.17 bits per heavy atom. The van der Waals surface area contributed by atoms with Gasteiger partial charge in [0.25, 0.3) is 0 Å². The average Bonchev–Trinajstić information content (AvgIpc) is 1.82. The Morgan fingerprint density at radius 3 is 2.58 bits per heavy atom. The maximum atomic E-state index is 11.1. The molecule has 12 heavy (non-hydrogen) atoms. The molecule has 0 aliphatic carbocycles. The lowest BCUT2D eigenvalue weighted by Gasteiger charge is -2.21. The lowest BCUT2D eigenvalue weighted by Crippen LogP contribution is -2.22. The van der Waals surface area contributed by atoms with Gasteiger partial charge in [0.05, 0.1) is 6.42 Å². The van der Waals surface area contributed by atoms with Crippen molar-refractivity contribution in [2.45, 2.75) is 27.2 Å². The Morgan fingerprint density at radius 1 is 1.58 bits per heavy atom.